The minimum absolute atomic E-state index is 0.300. The van der Waals surface area contributed by atoms with Gasteiger partial charge in [-0.2, -0.15) is 10.4 Å². The van der Waals surface area contributed by atoms with Crippen molar-refractivity contribution in [1.82, 2.24) is 19.5 Å². The first kappa shape index (κ1) is 17.0. The van der Waals surface area contributed by atoms with Crippen LogP contribution < -0.4 is 0 Å². The topological polar surface area (TPSA) is 118 Å². The van der Waals surface area contributed by atoms with Crippen LogP contribution in [0.25, 0.3) is 5.52 Å². The number of aliphatic hydroxyl groups excluding tert-OH is 1. The van der Waals surface area contributed by atoms with Gasteiger partial charge in [0.2, 0.25) is 12.0 Å². The molecule has 2 fully saturated rings. The van der Waals surface area contributed by atoms with E-state index in [4.69, 9.17) is 14.2 Å². The van der Waals surface area contributed by atoms with Crippen molar-refractivity contribution < 1.29 is 19.3 Å². The molecule has 26 heavy (non-hydrogen) atoms. The molecule has 4 rings (SSSR count). The second kappa shape index (κ2) is 6.08. The Morgan fingerprint density at radius 3 is 2.92 bits per heavy atom. The Balaban J connectivity index is 1.86. The summed E-state index contributed by atoms with van der Waals surface area (Å²) in [6.45, 7) is 3.20. The van der Waals surface area contributed by atoms with Crippen molar-refractivity contribution in [3.63, 3.8) is 0 Å². The third-order valence-corrected chi connectivity index (χ3v) is 4.67. The molecule has 0 bridgehead atoms. The van der Waals surface area contributed by atoms with Gasteiger partial charge in [0.1, 0.15) is 36.2 Å². The SMILES string of the molecule is C=Nc1ncnn2c([C@]3(C#N)O[C@H](CO)[C@H]4OC(N(C)C)O[C@H]43)ccc12. The lowest BCUT2D eigenvalue weighted by molar-refractivity contribution is -0.203. The van der Waals surface area contributed by atoms with Gasteiger partial charge in [-0.15, -0.1) is 0 Å². The Labute approximate surface area is 149 Å². The predicted octanol–water partition coefficient (Wildman–Crippen LogP) is -0.199. The number of hydrogen-bond donors (Lipinski definition) is 1. The van der Waals surface area contributed by atoms with E-state index < -0.39 is 30.3 Å². The largest absolute Gasteiger partial charge is 0.394 e. The van der Waals surface area contributed by atoms with Gasteiger partial charge < -0.3 is 19.3 Å². The van der Waals surface area contributed by atoms with E-state index >= 15 is 0 Å². The van der Waals surface area contributed by atoms with Gasteiger partial charge in [-0.3, -0.25) is 4.90 Å². The number of nitrogens with zero attached hydrogens (tertiary/aromatic N) is 6. The van der Waals surface area contributed by atoms with Gasteiger partial charge in [0.25, 0.3) is 0 Å². The van der Waals surface area contributed by atoms with Crippen molar-refractivity contribution in [2.45, 2.75) is 30.3 Å². The molecule has 0 aromatic carbocycles. The van der Waals surface area contributed by atoms with Gasteiger partial charge in [-0.05, 0) is 32.9 Å². The summed E-state index contributed by atoms with van der Waals surface area (Å²) >= 11 is 0. The number of aliphatic hydroxyl groups is 1. The summed E-state index contributed by atoms with van der Waals surface area (Å²) in [6, 6.07) is 5.67. The lowest BCUT2D eigenvalue weighted by Gasteiger charge is -2.27. The van der Waals surface area contributed by atoms with E-state index in [1.807, 2.05) is 0 Å². The third-order valence-electron chi connectivity index (χ3n) is 4.67. The van der Waals surface area contributed by atoms with Gasteiger partial charge in [-0.25, -0.2) is 14.5 Å². The molecule has 2 aliphatic heterocycles. The summed E-state index contributed by atoms with van der Waals surface area (Å²) in [5.74, 6) is 0.391. The van der Waals surface area contributed by atoms with Crippen LogP contribution in [0.4, 0.5) is 5.82 Å². The van der Waals surface area contributed by atoms with Crippen LogP contribution >= 0.6 is 0 Å². The van der Waals surface area contributed by atoms with Crippen molar-refractivity contribution in [1.29, 1.82) is 5.26 Å². The molecule has 2 aromatic heterocycles. The zero-order valence-corrected chi connectivity index (χ0v) is 14.3. The molecule has 1 unspecified atom stereocenters. The average Bonchev–Trinajstić information content (AvgIpc) is 3.34. The third kappa shape index (κ3) is 2.19. The van der Waals surface area contributed by atoms with E-state index in [0.29, 0.717) is 17.0 Å². The standard InChI is InChI=1S/C16H18N6O4/c1-18-14-9-4-5-11(22(9)20-8-19-14)16(7-17)13-12(10(6-23)26-16)24-15(25-13)21(2)3/h4-5,8,10,12-13,15,23H,1,6H2,2-3H3/t10-,12-,13-,15?,16+/m1/s1. The van der Waals surface area contributed by atoms with E-state index in [0.717, 1.165) is 0 Å². The van der Waals surface area contributed by atoms with E-state index in [1.54, 1.807) is 31.1 Å². The van der Waals surface area contributed by atoms with Crippen molar-refractivity contribution in [2.75, 3.05) is 20.7 Å². The number of rotatable bonds is 4. The summed E-state index contributed by atoms with van der Waals surface area (Å²) in [4.78, 5) is 9.67. The molecule has 2 aliphatic rings. The zero-order valence-electron chi connectivity index (χ0n) is 14.3. The van der Waals surface area contributed by atoms with E-state index in [2.05, 4.69) is 27.9 Å². The molecule has 0 radical (unpaired) electrons. The first-order valence-corrected chi connectivity index (χ1v) is 8.03. The summed E-state index contributed by atoms with van der Waals surface area (Å²) in [6.07, 6.45) is -1.33. The van der Waals surface area contributed by atoms with E-state index in [9.17, 15) is 10.4 Å². The Bertz CT molecular complexity index is 892. The summed E-state index contributed by atoms with van der Waals surface area (Å²) in [5, 5.41) is 24.0. The van der Waals surface area contributed by atoms with Crippen LogP contribution in [0.1, 0.15) is 5.69 Å². The monoisotopic (exact) mass is 358 g/mol. The molecule has 1 N–H and O–H groups in total. The quantitative estimate of drug-likeness (QED) is 0.747. The minimum Gasteiger partial charge on any atom is -0.394 e. The molecule has 136 valence electrons. The van der Waals surface area contributed by atoms with Crippen molar-refractivity contribution in [3.05, 3.63) is 24.2 Å². The Hall–Kier alpha value is -2.42. The predicted molar refractivity (Wildman–Crippen MR) is 88.7 cm³/mol. The van der Waals surface area contributed by atoms with Crippen LogP contribution in [-0.4, -0.2) is 76.8 Å². The minimum atomic E-state index is -1.50. The molecule has 5 atom stereocenters. The van der Waals surface area contributed by atoms with E-state index in [1.165, 1.54) is 10.8 Å². The number of aromatic nitrogens is 3. The van der Waals surface area contributed by atoms with Gasteiger partial charge in [-0.1, -0.05) is 0 Å². The van der Waals surface area contributed by atoms with Crippen molar-refractivity contribution in [2.24, 2.45) is 4.99 Å². The van der Waals surface area contributed by atoms with Crippen LogP contribution in [-0.2, 0) is 19.8 Å². The maximum atomic E-state index is 10.1. The van der Waals surface area contributed by atoms with E-state index in [-0.39, 0.29) is 6.61 Å². The van der Waals surface area contributed by atoms with Gasteiger partial charge in [0.05, 0.1) is 12.3 Å². The van der Waals surface area contributed by atoms with Crippen molar-refractivity contribution >= 4 is 18.1 Å². The molecular formula is C16H18N6O4. The lowest BCUT2D eigenvalue weighted by atomic mass is 9.92. The summed E-state index contributed by atoms with van der Waals surface area (Å²) in [5.41, 5.74) is -0.457. The lowest BCUT2D eigenvalue weighted by Crippen LogP contribution is -2.41. The highest BCUT2D eigenvalue weighted by atomic mass is 16.8. The maximum Gasteiger partial charge on any atom is 0.226 e. The second-order valence-electron chi connectivity index (χ2n) is 6.37. The molecular weight excluding hydrogens is 340 g/mol. The number of ether oxygens (including phenoxy) is 3. The fourth-order valence-electron chi connectivity index (χ4n) is 3.49. The maximum absolute atomic E-state index is 10.1. The summed E-state index contributed by atoms with van der Waals surface area (Å²) < 4.78 is 19.3. The van der Waals surface area contributed by atoms with Gasteiger partial charge in [0.15, 0.2) is 5.82 Å². The van der Waals surface area contributed by atoms with Crippen LogP contribution in [0.3, 0.4) is 0 Å². The van der Waals surface area contributed by atoms with Gasteiger partial charge >= 0.3 is 0 Å². The molecule has 2 saturated heterocycles. The smallest absolute Gasteiger partial charge is 0.226 e. The fraction of sp³-hybridized carbons (Fsp3) is 0.500. The van der Waals surface area contributed by atoms with Crippen molar-refractivity contribution in [3.8, 4) is 6.07 Å². The molecule has 4 heterocycles. The molecule has 0 spiro atoms. The second-order valence-corrected chi connectivity index (χ2v) is 6.37. The molecule has 0 aliphatic carbocycles. The fourth-order valence-corrected chi connectivity index (χ4v) is 3.49. The first-order valence-electron chi connectivity index (χ1n) is 8.03. The van der Waals surface area contributed by atoms with Crippen LogP contribution in [0, 0.1) is 11.3 Å². The van der Waals surface area contributed by atoms with Crippen LogP contribution in [0.5, 0.6) is 0 Å². The molecule has 10 heteroatoms. The normalized spacial score (nSPS) is 33.5. The van der Waals surface area contributed by atoms with Crippen LogP contribution in [0.2, 0.25) is 0 Å². The molecule has 10 nitrogen and oxygen atoms in total. The average molecular weight is 358 g/mol. The highest BCUT2D eigenvalue weighted by Gasteiger charge is 2.64. The number of hydrogen-bond acceptors (Lipinski definition) is 9. The van der Waals surface area contributed by atoms with Crippen LogP contribution in [0.15, 0.2) is 23.5 Å². The highest BCUT2D eigenvalue weighted by Crippen LogP contribution is 2.47. The first-order chi connectivity index (χ1) is 12.6. The Morgan fingerprint density at radius 2 is 2.27 bits per heavy atom. The van der Waals surface area contributed by atoms with Gasteiger partial charge in [0, 0.05) is 0 Å². The highest BCUT2D eigenvalue weighted by molar-refractivity contribution is 5.67. The Kier molecular flexibility index (Phi) is 3.98. The molecule has 0 amide bonds. The molecule has 2 aromatic rings. The molecule has 0 saturated carbocycles. The zero-order chi connectivity index (χ0) is 18.5. The number of fused-ring (bicyclic) bond motifs is 2. The Morgan fingerprint density at radius 1 is 1.46 bits per heavy atom. The number of aliphatic imine (C=N–C) groups is 1. The summed E-state index contributed by atoms with van der Waals surface area (Å²) in [7, 11) is 3.60. The number of nitriles is 1.